The Labute approximate surface area is 126 Å². The lowest BCUT2D eigenvalue weighted by Gasteiger charge is -2.31. The van der Waals surface area contributed by atoms with Crippen molar-refractivity contribution in [2.45, 2.75) is 44.6 Å². The maximum atomic E-state index is 12.5. The van der Waals surface area contributed by atoms with E-state index in [-0.39, 0.29) is 5.91 Å². The molecule has 2 aliphatic rings. The molecule has 3 nitrogen and oxygen atoms in total. The first kappa shape index (κ1) is 14.1. The third kappa shape index (κ3) is 3.23. The molecule has 0 radical (unpaired) electrons. The summed E-state index contributed by atoms with van der Waals surface area (Å²) in [7, 11) is 0. The second-order valence-electron chi connectivity index (χ2n) is 6.11. The normalized spacial score (nSPS) is 19.5. The summed E-state index contributed by atoms with van der Waals surface area (Å²) < 4.78 is 0. The molecule has 2 fully saturated rings. The average Bonchev–Trinajstić information content (AvgIpc) is 2.41. The van der Waals surface area contributed by atoms with Crippen molar-refractivity contribution in [3.05, 3.63) is 47.5 Å². The van der Waals surface area contributed by atoms with Crippen molar-refractivity contribution >= 4 is 11.6 Å². The zero-order valence-corrected chi connectivity index (χ0v) is 12.3. The quantitative estimate of drug-likeness (QED) is 0.631. The molecule has 0 aliphatic heterocycles. The molecule has 1 aromatic rings. The van der Waals surface area contributed by atoms with E-state index in [2.05, 4.69) is 5.32 Å². The van der Waals surface area contributed by atoms with Gasteiger partial charge in [0.2, 0.25) is 5.91 Å². The van der Waals surface area contributed by atoms with Crippen LogP contribution in [0.25, 0.3) is 0 Å². The van der Waals surface area contributed by atoms with Gasteiger partial charge in [0.15, 0.2) is 0 Å². The maximum Gasteiger partial charge on any atom is 0.247 e. The summed E-state index contributed by atoms with van der Waals surface area (Å²) in [5, 5.41) is 11.3. The molecule has 0 heterocycles. The third-order valence-corrected chi connectivity index (χ3v) is 4.63. The number of nitrogens with one attached hydrogen (secondary N) is 2. The standard InChI is InChI=1S/C18H22N2O/c19-17(14-6-2-1-3-7-14)12-16(13-8-4-9-13)18(21)20-15-10-5-11-15/h1-3,6-7,12-13,15,19H,4-5,8-11H2,(H,20,21)/b16-12+,19-17?. The van der Waals surface area contributed by atoms with Crippen LogP contribution in [-0.4, -0.2) is 17.7 Å². The molecule has 2 aliphatic carbocycles. The summed E-state index contributed by atoms with van der Waals surface area (Å²) in [5.41, 5.74) is 2.11. The van der Waals surface area contributed by atoms with Crippen molar-refractivity contribution in [3.8, 4) is 0 Å². The second kappa shape index (κ2) is 6.25. The summed E-state index contributed by atoms with van der Waals surface area (Å²) in [6.45, 7) is 0. The van der Waals surface area contributed by atoms with Crippen LogP contribution in [0.15, 0.2) is 42.0 Å². The van der Waals surface area contributed by atoms with E-state index >= 15 is 0 Å². The predicted molar refractivity (Wildman–Crippen MR) is 84.5 cm³/mol. The van der Waals surface area contributed by atoms with Gasteiger partial charge in [-0.25, -0.2) is 0 Å². The van der Waals surface area contributed by atoms with Crippen LogP contribution in [0.2, 0.25) is 0 Å². The molecule has 0 aromatic heterocycles. The molecular formula is C18H22N2O. The van der Waals surface area contributed by atoms with Gasteiger partial charge >= 0.3 is 0 Å². The van der Waals surface area contributed by atoms with Gasteiger partial charge in [-0.05, 0) is 49.7 Å². The number of allylic oxidation sites excluding steroid dienone is 1. The highest BCUT2D eigenvalue weighted by atomic mass is 16.1. The highest BCUT2D eigenvalue weighted by Crippen LogP contribution is 2.34. The van der Waals surface area contributed by atoms with Gasteiger partial charge in [0.1, 0.15) is 0 Å². The third-order valence-electron chi connectivity index (χ3n) is 4.63. The van der Waals surface area contributed by atoms with E-state index in [0.717, 1.165) is 36.8 Å². The summed E-state index contributed by atoms with van der Waals surface area (Å²) in [6, 6.07) is 9.98. The van der Waals surface area contributed by atoms with Crippen LogP contribution in [0.3, 0.4) is 0 Å². The Balaban J connectivity index is 1.76. The first-order valence-electron chi connectivity index (χ1n) is 7.90. The Morgan fingerprint density at radius 1 is 1.10 bits per heavy atom. The number of carbonyl (C=O) groups is 1. The van der Waals surface area contributed by atoms with Crippen LogP contribution in [-0.2, 0) is 4.79 Å². The van der Waals surface area contributed by atoms with Crippen molar-refractivity contribution in [2.75, 3.05) is 0 Å². The molecule has 0 saturated heterocycles. The molecule has 0 spiro atoms. The van der Waals surface area contributed by atoms with Crippen LogP contribution in [0.1, 0.15) is 44.1 Å². The fourth-order valence-corrected chi connectivity index (χ4v) is 2.77. The van der Waals surface area contributed by atoms with Gasteiger partial charge in [-0.1, -0.05) is 36.8 Å². The SMILES string of the molecule is N=C(/C=C(/C(=O)NC1CCC1)C1CCC1)c1ccccc1. The zero-order valence-electron chi connectivity index (χ0n) is 12.3. The van der Waals surface area contributed by atoms with Gasteiger partial charge in [0, 0.05) is 11.6 Å². The van der Waals surface area contributed by atoms with E-state index < -0.39 is 0 Å². The number of carbonyl (C=O) groups excluding carboxylic acids is 1. The van der Waals surface area contributed by atoms with Crippen molar-refractivity contribution < 1.29 is 4.79 Å². The van der Waals surface area contributed by atoms with Gasteiger partial charge in [0.25, 0.3) is 0 Å². The Morgan fingerprint density at radius 2 is 1.76 bits per heavy atom. The lowest BCUT2D eigenvalue weighted by atomic mass is 9.78. The number of rotatable bonds is 5. The van der Waals surface area contributed by atoms with E-state index in [0.29, 0.717) is 17.7 Å². The van der Waals surface area contributed by atoms with Crippen LogP contribution in [0, 0.1) is 11.3 Å². The minimum Gasteiger partial charge on any atom is -0.350 e. The molecule has 3 heteroatoms. The average molecular weight is 282 g/mol. The zero-order chi connectivity index (χ0) is 14.7. The lowest BCUT2D eigenvalue weighted by Crippen LogP contribution is -2.42. The molecule has 3 rings (SSSR count). The molecule has 2 N–H and O–H groups in total. The molecule has 2 saturated carbocycles. The van der Waals surface area contributed by atoms with E-state index in [1.807, 2.05) is 30.3 Å². The number of benzene rings is 1. The molecular weight excluding hydrogens is 260 g/mol. The highest BCUT2D eigenvalue weighted by Gasteiger charge is 2.29. The summed E-state index contributed by atoms with van der Waals surface area (Å²) >= 11 is 0. The number of hydrogen-bond acceptors (Lipinski definition) is 2. The molecule has 0 bridgehead atoms. The van der Waals surface area contributed by atoms with Crippen molar-refractivity contribution in [2.24, 2.45) is 5.92 Å². The first-order valence-corrected chi connectivity index (χ1v) is 7.90. The molecule has 21 heavy (non-hydrogen) atoms. The van der Waals surface area contributed by atoms with Gasteiger partial charge in [0.05, 0.1) is 5.71 Å². The van der Waals surface area contributed by atoms with Crippen molar-refractivity contribution in [1.82, 2.24) is 5.32 Å². The van der Waals surface area contributed by atoms with E-state index in [9.17, 15) is 4.79 Å². The van der Waals surface area contributed by atoms with Crippen molar-refractivity contribution in [3.63, 3.8) is 0 Å². The summed E-state index contributed by atoms with van der Waals surface area (Å²) in [4.78, 5) is 12.5. The minimum absolute atomic E-state index is 0.0464. The Kier molecular flexibility index (Phi) is 4.18. The fourth-order valence-electron chi connectivity index (χ4n) is 2.77. The molecule has 0 atom stereocenters. The molecule has 0 unspecified atom stereocenters. The van der Waals surface area contributed by atoms with Gasteiger partial charge in [-0.15, -0.1) is 0 Å². The number of amides is 1. The molecule has 1 aromatic carbocycles. The van der Waals surface area contributed by atoms with Crippen LogP contribution >= 0.6 is 0 Å². The first-order chi connectivity index (χ1) is 10.2. The van der Waals surface area contributed by atoms with E-state index in [1.165, 1.54) is 12.8 Å². The highest BCUT2D eigenvalue weighted by molar-refractivity contribution is 6.11. The van der Waals surface area contributed by atoms with Gasteiger partial charge in [-0.3, -0.25) is 4.79 Å². The van der Waals surface area contributed by atoms with E-state index in [1.54, 1.807) is 6.08 Å². The van der Waals surface area contributed by atoms with Crippen LogP contribution < -0.4 is 5.32 Å². The van der Waals surface area contributed by atoms with Crippen LogP contribution in [0.4, 0.5) is 0 Å². The van der Waals surface area contributed by atoms with Crippen molar-refractivity contribution in [1.29, 1.82) is 5.41 Å². The predicted octanol–water partition coefficient (Wildman–Crippen LogP) is 3.45. The smallest absolute Gasteiger partial charge is 0.247 e. The fraction of sp³-hybridized carbons (Fsp3) is 0.444. The summed E-state index contributed by atoms with van der Waals surface area (Å²) in [5.74, 6) is 0.388. The molecule has 1 amide bonds. The second-order valence-corrected chi connectivity index (χ2v) is 6.11. The summed E-state index contributed by atoms with van der Waals surface area (Å²) in [6.07, 6.45) is 8.54. The maximum absolute atomic E-state index is 12.5. The lowest BCUT2D eigenvalue weighted by molar-refractivity contribution is -0.119. The van der Waals surface area contributed by atoms with Crippen LogP contribution in [0.5, 0.6) is 0 Å². The van der Waals surface area contributed by atoms with E-state index in [4.69, 9.17) is 5.41 Å². The molecule has 110 valence electrons. The topological polar surface area (TPSA) is 53.0 Å². The Hall–Kier alpha value is -1.90. The largest absolute Gasteiger partial charge is 0.350 e. The monoisotopic (exact) mass is 282 g/mol. The minimum atomic E-state index is 0.0464. The Bertz CT molecular complexity index is 554. The number of hydrogen-bond donors (Lipinski definition) is 2. The Morgan fingerprint density at radius 3 is 2.29 bits per heavy atom. The van der Waals surface area contributed by atoms with Gasteiger partial charge in [-0.2, -0.15) is 0 Å². The van der Waals surface area contributed by atoms with Gasteiger partial charge < -0.3 is 10.7 Å².